The standard InChI is InChI=1S/C22H26N2/c1-5-23-17-16-20(22-9-7-6-8-18(22)2)13-10-19-11-14-21(15-12-19)24(3)4/h6-17,23H,2,5H2,1,3-4H3/p+1/b13-10?,17-16-,22-20-. The van der Waals surface area contributed by atoms with Gasteiger partial charge < -0.3 is 10.2 Å². The van der Waals surface area contributed by atoms with Gasteiger partial charge in [0.05, 0.1) is 12.7 Å². The number of nitrogens with zero attached hydrogens (tertiary/aromatic N) is 1. The lowest BCUT2D eigenvalue weighted by atomic mass is 10.1. The Bertz CT molecular complexity index is 812. The van der Waals surface area contributed by atoms with Crippen molar-refractivity contribution in [3.63, 3.8) is 0 Å². The second-order valence-corrected chi connectivity index (χ2v) is 5.93. The summed E-state index contributed by atoms with van der Waals surface area (Å²) in [5, 5.41) is 4.37. The third-order valence-corrected chi connectivity index (χ3v) is 3.84. The summed E-state index contributed by atoms with van der Waals surface area (Å²) in [7, 11) is 4.11. The second kappa shape index (κ2) is 8.90. The maximum Gasteiger partial charge on any atom is 0.0931 e. The summed E-state index contributed by atoms with van der Waals surface area (Å²) >= 11 is 0. The molecule has 2 nitrogen and oxygen atoms in total. The van der Waals surface area contributed by atoms with Gasteiger partial charge in [-0.25, -0.2) is 0 Å². The predicted octanol–water partition coefficient (Wildman–Crippen LogP) is 2.12. The zero-order valence-electron chi connectivity index (χ0n) is 14.9. The number of nitrogens with two attached hydrogens (primary N) is 1. The number of quaternary nitrogens is 1. The van der Waals surface area contributed by atoms with Crippen LogP contribution in [-0.2, 0) is 0 Å². The van der Waals surface area contributed by atoms with Crippen LogP contribution in [0.4, 0.5) is 5.69 Å². The highest BCUT2D eigenvalue weighted by Gasteiger charge is 1.95. The highest BCUT2D eigenvalue weighted by atomic mass is 15.1. The van der Waals surface area contributed by atoms with Gasteiger partial charge in [-0.15, -0.1) is 0 Å². The quantitative estimate of drug-likeness (QED) is 0.864. The number of hydrogen-bond acceptors (Lipinski definition) is 1. The molecule has 0 aliphatic heterocycles. The van der Waals surface area contributed by atoms with Crippen LogP contribution in [0.3, 0.4) is 0 Å². The summed E-state index contributed by atoms with van der Waals surface area (Å²) < 4.78 is 0. The van der Waals surface area contributed by atoms with Crippen molar-refractivity contribution >= 4 is 23.9 Å². The fraction of sp³-hybridized carbons (Fsp3) is 0.182. The molecule has 2 rings (SSSR count). The van der Waals surface area contributed by atoms with Crippen molar-refractivity contribution in [1.82, 2.24) is 0 Å². The third kappa shape index (κ3) is 4.97. The van der Waals surface area contributed by atoms with Gasteiger partial charge in [-0.1, -0.05) is 55.1 Å². The molecule has 0 unspecified atom stereocenters. The molecule has 0 bridgehead atoms. The Morgan fingerprint density at radius 2 is 1.75 bits per heavy atom. The zero-order chi connectivity index (χ0) is 17.4. The predicted molar refractivity (Wildman–Crippen MR) is 106 cm³/mol. The van der Waals surface area contributed by atoms with Crippen LogP contribution in [0.15, 0.2) is 66.9 Å². The Morgan fingerprint density at radius 3 is 2.38 bits per heavy atom. The van der Waals surface area contributed by atoms with Gasteiger partial charge in [0.2, 0.25) is 0 Å². The van der Waals surface area contributed by atoms with Crippen LogP contribution in [-0.4, -0.2) is 20.6 Å². The van der Waals surface area contributed by atoms with Crippen molar-refractivity contribution < 1.29 is 5.32 Å². The summed E-state index contributed by atoms with van der Waals surface area (Å²) in [6.07, 6.45) is 8.58. The first-order chi connectivity index (χ1) is 11.6. The van der Waals surface area contributed by atoms with Crippen LogP contribution < -0.4 is 20.7 Å². The maximum atomic E-state index is 4.15. The van der Waals surface area contributed by atoms with Gasteiger partial charge in [0.15, 0.2) is 0 Å². The monoisotopic (exact) mass is 319 g/mol. The molecule has 2 heteroatoms. The van der Waals surface area contributed by atoms with Crippen molar-refractivity contribution in [2.45, 2.75) is 6.92 Å². The van der Waals surface area contributed by atoms with Gasteiger partial charge in [-0.05, 0) is 46.7 Å². The maximum absolute atomic E-state index is 4.15. The molecule has 0 aliphatic rings. The van der Waals surface area contributed by atoms with Crippen molar-refractivity contribution in [2.24, 2.45) is 0 Å². The fourth-order valence-electron chi connectivity index (χ4n) is 2.41. The van der Waals surface area contributed by atoms with E-state index in [9.17, 15) is 0 Å². The van der Waals surface area contributed by atoms with E-state index in [0.717, 1.165) is 11.8 Å². The molecule has 0 saturated carbocycles. The Morgan fingerprint density at radius 1 is 1.04 bits per heavy atom. The molecular weight excluding hydrogens is 292 g/mol. The normalized spacial score (nSPS) is 12.8. The van der Waals surface area contributed by atoms with E-state index in [4.69, 9.17) is 0 Å². The molecule has 0 saturated heterocycles. The average Bonchev–Trinajstić information content (AvgIpc) is 2.59. The molecule has 0 aliphatic carbocycles. The number of hydrogen-bond donors (Lipinski definition) is 1. The molecule has 0 heterocycles. The van der Waals surface area contributed by atoms with Crippen LogP contribution in [0.25, 0.3) is 18.2 Å². The first-order valence-corrected chi connectivity index (χ1v) is 8.35. The van der Waals surface area contributed by atoms with E-state index < -0.39 is 0 Å². The first kappa shape index (κ1) is 17.8. The largest absolute Gasteiger partial charge is 0.378 e. The van der Waals surface area contributed by atoms with Gasteiger partial charge in [0.25, 0.3) is 0 Å². The summed E-state index contributed by atoms with van der Waals surface area (Å²) in [6.45, 7) is 7.32. The summed E-state index contributed by atoms with van der Waals surface area (Å²) in [5.74, 6) is 0. The average molecular weight is 319 g/mol. The number of benzene rings is 2. The molecule has 2 aromatic rings. The minimum atomic E-state index is 1.03. The van der Waals surface area contributed by atoms with Crippen LogP contribution in [0, 0.1) is 0 Å². The van der Waals surface area contributed by atoms with E-state index in [1.165, 1.54) is 22.0 Å². The summed E-state index contributed by atoms with van der Waals surface area (Å²) in [6, 6.07) is 16.8. The molecule has 124 valence electrons. The van der Waals surface area contributed by atoms with E-state index in [1.807, 2.05) is 12.1 Å². The lowest BCUT2D eigenvalue weighted by Crippen LogP contribution is -2.77. The minimum Gasteiger partial charge on any atom is -0.378 e. The van der Waals surface area contributed by atoms with E-state index in [2.05, 4.69) is 98.6 Å². The summed E-state index contributed by atoms with van der Waals surface area (Å²) in [5.41, 5.74) is 3.56. The van der Waals surface area contributed by atoms with E-state index in [1.54, 1.807) is 0 Å². The van der Waals surface area contributed by atoms with E-state index in [0.29, 0.717) is 0 Å². The molecular formula is C22H27N2+. The number of anilines is 1. The van der Waals surface area contributed by atoms with Gasteiger partial charge in [0, 0.05) is 19.8 Å². The Labute approximate surface area is 145 Å². The molecule has 0 aromatic heterocycles. The lowest BCUT2D eigenvalue weighted by Gasteiger charge is -2.11. The van der Waals surface area contributed by atoms with Gasteiger partial charge in [-0.3, -0.25) is 0 Å². The van der Waals surface area contributed by atoms with Crippen LogP contribution in [0.5, 0.6) is 0 Å². The fourth-order valence-corrected chi connectivity index (χ4v) is 2.41. The molecule has 0 radical (unpaired) electrons. The Kier molecular flexibility index (Phi) is 6.59. The van der Waals surface area contributed by atoms with Gasteiger partial charge in [-0.2, -0.15) is 0 Å². The topological polar surface area (TPSA) is 19.9 Å². The highest BCUT2D eigenvalue weighted by Crippen LogP contribution is 2.14. The van der Waals surface area contributed by atoms with Crippen molar-refractivity contribution in [1.29, 1.82) is 0 Å². The third-order valence-electron chi connectivity index (χ3n) is 3.84. The second-order valence-electron chi connectivity index (χ2n) is 5.93. The summed E-state index contributed by atoms with van der Waals surface area (Å²) in [4.78, 5) is 2.10. The first-order valence-electron chi connectivity index (χ1n) is 8.35. The van der Waals surface area contributed by atoms with E-state index in [-0.39, 0.29) is 0 Å². The van der Waals surface area contributed by atoms with Gasteiger partial charge >= 0.3 is 0 Å². The molecule has 0 atom stereocenters. The molecule has 24 heavy (non-hydrogen) atoms. The molecule has 0 fully saturated rings. The number of allylic oxidation sites excluding steroid dienone is 2. The highest BCUT2D eigenvalue weighted by molar-refractivity contribution is 5.73. The van der Waals surface area contributed by atoms with E-state index >= 15 is 0 Å². The van der Waals surface area contributed by atoms with Crippen molar-refractivity contribution in [3.05, 3.63) is 82.9 Å². The van der Waals surface area contributed by atoms with Crippen LogP contribution in [0.2, 0.25) is 0 Å². The van der Waals surface area contributed by atoms with Crippen LogP contribution in [0.1, 0.15) is 12.5 Å². The van der Waals surface area contributed by atoms with Crippen molar-refractivity contribution in [2.75, 3.05) is 25.5 Å². The van der Waals surface area contributed by atoms with Gasteiger partial charge in [0.1, 0.15) is 0 Å². The molecule has 2 aromatic carbocycles. The Hall–Kier alpha value is -2.58. The molecule has 2 N–H and O–H groups in total. The zero-order valence-corrected chi connectivity index (χ0v) is 14.9. The minimum absolute atomic E-state index is 1.03. The Balaban J connectivity index is 2.37. The van der Waals surface area contributed by atoms with Crippen molar-refractivity contribution in [3.8, 4) is 0 Å². The SMILES string of the molecule is C=c1cccc/c1=C(C=Cc1ccc(N(C)C)cc1)/C=C\[NH2+]CC. The number of rotatable bonds is 6. The smallest absolute Gasteiger partial charge is 0.0931 e. The van der Waals surface area contributed by atoms with Crippen LogP contribution >= 0.6 is 0 Å². The molecule has 0 spiro atoms. The lowest BCUT2D eigenvalue weighted by molar-refractivity contribution is -0.584. The molecule has 0 amide bonds.